The number of benzene rings is 3. The second-order valence-corrected chi connectivity index (χ2v) is 5.72. The fourth-order valence-electron chi connectivity index (χ4n) is 3.15. The lowest BCUT2D eigenvalue weighted by Crippen LogP contribution is -1.81. The first-order valence-corrected chi connectivity index (χ1v) is 7.65. The van der Waals surface area contributed by atoms with Crippen LogP contribution in [0.5, 0.6) is 0 Å². The highest BCUT2D eigenvalue weighted by Gasteiger charge is 2.08. The molecule has 0 amide bonds. The Hall–Kier alpha value is -3.13. The zero-order valence-electron chi connectivity index (χ0n) is 12.4. The molecule has 0 saturated heterocycles. The van der Waals surface area contributed by atoms with Crippen molar-refractivity contribution >= 4 is 32.8 Å². The Kier molecular flexibility index (Phi) is 2.53. The Morgan fingerprint density at radius 1 is 0.652 bits per heavy atom. The van der Waals surface area contributed by atoms with E-state index in [2.05, 4.69) is 53.5 Å². The van der Waals surface area contributed by atoms with Gasteiger partial charge in [-0.1, -0.05) is 42.5 Å². The number of hydrogen-bond donors (Lipinski definition) is 0. The predicted octanol–water partition coefficient (Wildman–Crippen LogP) is 5.80. The molecule has 3 aromatic carbocycles. The van der Waals surface area contributed by atoms with Gasteiger partial charge in [-0.3, -0.25) is 4.98 Å². The molecule has 0 aliphatic heterocycles. The first-order chi connectivity index (χ1) is 11.4. The van der Waals surface area contributed by atoms with Crippen molar-refractivity contribution < 1.29 is 4.42 Å². The normalized spacial score (nSPS) is 11.5. The van der Waals surface area contributed by atoms with Gasteiger partial charge in [0.2, 0.25) is 0 Å². The van der Waals surface area contributed by atoms with Crippen molar-refractivity contribution in [2.75, 3.05) is 0 Å². The van der Waals surface area contributed by atoms with Crippen molar-refractivity contribution in [3.63, 3.8) is 0 Å². The van der Waals surface area contributed by atoms with Crippen LogP contribution in [-0.2, 0) is 0 Å². The van der Waals surface area contributed by atoms with Crippen molar-refractivity contribution in [3.05, 3.63) is 79.0 Å². The minimum absolute atomic E-state index is 0.921. The summed E-state index contributed by atoms with van der Waals surface area (Å²) in [5, 5.41) is 3.47. The minimum atomic E-state index is 0.921. The quantitative estimate of drug-likeness (QED) is 0.390. The van der Waals surface area contributed by atoms with Crippen LogP contribution in [0.3, 0.4) is 0 Å². The van der Waals surface area contributed by atoms with E-state index in [4.69, 9.17) is 4.42 Å². The van der Waals surface area contributed by atoms with E-state index in [1.807, 2.05) is 30.5 Å². The molecule has 0 bridgehead atoms. The summed E-state index contributed by atoms with van der Waals surface area (Å²) in [5.41, 5.74) is 5.15. The average molecular weight is 295 g/mol. The van der Waals surface area contributed by atoms with E-state index < -0.39 is 0 Å². The fourth-order valence-corrected chi connectivity index (χ4v) is 3.15. The number of rotatable bonds is 1. The highest BCUT2D eigenvalue weighted by molar-refractivity contribution is 6.06. The lowest BCUT2D eigenvalue weighted by Gasteiger charge is -2.03. The molecule has 2 nitrogen and oxygen atoms in total. The summed E-state index contributed by atoms with van der Waals surface area (Å²) in [6, 6.07) is 25.0. The summed E-state index contributed by atoms with van der Waals surface area (Å²) >= 11 is 0. The van der Waals surface area contributed by atoms with Gasteiger partial charge in [0.15, 0.2) is 0 Å². The van der Waals surface area contributed by atoms with E-state index in [-0.39, 0.29) is 0 Å². The molecule has 2 aromatic heterocycles. The highest BCUT2D eigenvalue weighted by atomic mass is 16.3. The van der Waals surface area contributed by atoms with E-state index in [1.165, 1.54) is 0 Å². The third-order valence-corrected chi connectivity index (χ3v) is 4.32. The van der Waals surface area contributed by atoms with E-state index in [0.29, 0.717) is 0 Å². The van der Waals surface area contributed by atoms with Gasteiger partial charge >= 0.3 is 0 Å². The molecule has 5 rings (SSSR count). The molecule has 0 saturated carbocycles. The molecule has 0 aliphatic carbocycles. The molecule has 0 unspecified atom stereocenters. The van der Waals surface area contributed by atoms with Gasteiger partial charge in [-0.2, -0.15) is 0 Å². The van der Waals surface area contributed by atoms with Crippen LogP contribution < -0.4 is 0 Å². The third-order valence-electron chi connectivity index (χ3n) is 4.32. The molecule has 108 valence electrons. The van der Waals surface area contributed by atoms with E-state index in [0.717, 1.165) is 44.0 Å². The van der Waals surface area contributed by atoms with E-state index in [9.17, 15) is 0 Å². The Labute approximate surface area is 133 Å². The number of aromatic nitrogens is 1. The largest absolute Gasteiger partial charge is 0.456 e. The molecule has 0 N–H and O–H groups in total. The minimum Gasteiger partial charge on any atom is -0.456 e. The van der Waals surface area contributed by atoms with Crippen molar-refractivity contribution in [3.8, 4) is 11.1 Å². The standard InChI is InChI=1S/C21H13NO/c1-2-6-20-17(5-1)18-10-9-16(13-21(18)23-20)15-8-7-14-4-3-11-22-19(14)12-15/h1-13H. The molecule has 0 fully saturated rings. The summed E-state index contributed by atoms with van der Waals surface area (Å²) in [6.45, 7) is 0. The molecule has 2 heteroatoms. The summed E-state index contributed by atoms with van der Waals surface area (Å²) in [5.74, 6) is 0. The van der Waals surface area contributed by atoms with E-state index in [1.54, 1.807) is 0 Å². The zero-order valence-corrected chi connectivity index (χ0v) is 12.4. The average Bonchev–Trinajstić information content (AvgIpc) is 2.99. The van der Waals surface area contributed by atoms with Gasteiger partial charge in [-0.05, 0) is 41.5 Å². The van der Waals surface area contributed by atoms with Crippen molar-refractivity contribution in [1.29, 1.82) is 0 Å². The van der Waals surface area contributed by atoms with Crippen LogP contribution in [0.4, 0.5) is 0 Å². The van der Waals surface area contributed by atoms with Gasteiger partial charge in [0, 0.05) is 22.4 Å². The molecule has 2 heterocycles. The van der Waals surface area contributed by atoms with Crippen molar-refractivity contribution in [1.82, 2.24) is 4.98 Å². The number of pyridine rings is 1. The van der Waals surface area contributed by atoms with Gasteiger partial charge in [-0.25, -0.2) is 0 Å². The molecule has 0 radical (unpaired) electrons. The van der Waals surface area contributed by atoms with Crippen LogP contribution in [0.15, 0.2) is 83.4 Å². The van der Waals surface area contributed by atoms with Gasteiger partial charge < -0.3 is 4.42 Å². The smallest absolute Gasteiger partial charge is 0.136 e. The third kappa shape index (κ3) is 1.92. The molecule has 5 aromatic rings. The summed E-state index contributed by atoms with van der Waals surface area (Å²) in [6.07, 6.45) is 1.83. The monoisotopic (exact) mass is 295 g/mol. The van der Waals surface area contributed by atoms with Crippen molar-refractivity contribution in [2.45, 2.75) is 0 Å². The lowest BCUT2D eigenvalue weighted by atomic mass is 10.0. The number of nitrogens with zero attached hydrogens (tertiary/aromatic N) is 1. The summed E-state index contributed by atoms with van der Waals surface area (Å²) in [4.78, 5) is 4.44. The number of furan rings is 1. The maximum absolute atomic E-state index is 5.99. The van der Waals surface area contributed by atoms with Gasteiger partial charge in [-0.15, -0.1) is 0 Å². The van der Waals surface area contributed by atoms with Crippen LogP contribution in [0.2, 0.25) is 0 Å². The molecule has 0 aliphatic rings. The van der Waals surface area contributed by atoms with Crippen LogP contribution in [0, 0.1) is 0 Å². The van der Waals surface area contributed by atoms with Crippen LogP contribution >= 0.6 is 0 Å². The molecule has 0 atom stereocenters. The molecular weight excluding hydrogens is 282 g/mol. The lowest BCUT2D eigenvalue weighted by molar-refractivity contribution is 0.669. The molecule has 0 spiro atoms. The summed E-state index contributed by atoms with van der Waals surface area (Å²) < 4.78 is 5.99. The Balaban J connectivity index is 1.73. The second-order valence-electron chi connectivity index (χ2n) is 5.72. The van der Waals surface area contributed by atoms with Gasteiger partial charge in [0.05, 0.1) is 5.52 Å². The molecule has 23 heavy (non-hydrogen) atoms. The maximum atomic E-state index is 5.99. The topological polar surface area (TPSA) is 26.0 Å². The zero-order chi connectivity index (χ0) is 15.2. The highest BCUT2D eigenvalue weighted by Crippen LogP contribution is 2.32. The number of fused-ring (bicyclic) bond motifs is 4. The van der Waals surface area contributed by atoms with Gasteiger partial charge in [0.1, 0.15) is 11.2 Å². The number of hydrogen-bond acceptors (Lipinski definition) is 2. The Morgan fingerprint density at radius 3 is 2.48 bits per heavy atom. The Morgan fingerprint density at radius 2 is 1.48 bits per heavy atom. The van der Waals surface area contributed by atoms with Gasteiger partial charge in [0.25, 0.3) is 0 Å². The van der Waals surface area contributed by atoms with Crippen LogP contribution in [-0.4, -0.2) is 4.98 Å². The van der Waals surface area contributed by atoms with E-state index >= 15 is 0 Å². The first-order valence-electron chi connectivity index (χ1n) is 7.65. The van der Waals surface area contributed by atoms with Crippen LogP contribution in [0.25, 0.3) is 44.0 Å². The molecular formula is C21H13NO. The van der Waals surface area contributed by atoms with Crippen LogP contribution in [0.1, 0.15) is 0 Å². The maximum Gasteiger partial charge on any atom is 0.136 e. The Bertz CT molecular complexity index is 1170. The second kappa shape index (κ2) is 4.68. The summed E-state index contributed by atoms with van der Waals surface area (Å²) in [7, 11) is 0. The SMILES string of the molecule is c1cnc2cc(-c3ccc4c(c3)oc3ccccc34)ccc2c1. The first kappa shape index (κ1) is 12.4. The fraction of sp³-hybridized carbons (Fsp3) is 0. The predicted molar refractivity (Wildman–Crippen MR) is 94.5 cm³/mol. The van der Waals surface area contributed by atoms with Crippen molar-refractivity contribution in [2.24, 2.45) is 0 Å². The number of para-hydroxylation sites is 1.